The van der Waals surface area contributed by atoms with E-state index >= 15 is 0 Å². The summed E-state index contributed by atoms with van der Waals surface area (Å²) in [7, 11) is 0. The minimum Gasteiger partial charge on any atom is -0.356 e. The van der Waals surface area contributed by atoms with Crippen LogP contribution in [0.2, 0.25) is 0 Å². The van der Waals surface area contributed by atoms with E-state index in [2.05, 4.69) is 12.2 Å². The molecule has 1 N–H and O–H groups in total. The molecule has 1 aliphatic rings. The molecule has 10 heavy (non-hydrogen) atoms. The molecular formula is C8H15NO. The van der Waals surface area contributed by atoms with Gasteiger partial charge in [0.2, 0.25) is 5.91 Å². The molecule has 1 aliphatic heterocycles. The third kappa shape index (κ3) is 1.31. The average Bonchev–Trinajstić information content (AvgIpc) is 2.20. The zero-order valence-corrected chi connectivity index (χ0v) is 6.68. The Morgan fingerprint density at radius 2 is 2.40 bits per heavy atom. The van der Waals surface area contributed by atoms with Crippen molar-refractivity contribution in [2.45, 2.75) is 26.7 Å². The fourth-order valence-corrected chi connectivity index (χ4v) is 1.51. The summed E-state index contributed by atoms with van der Waals surface area (Å²) in [4.78, 5) is 10.9. The van der Waals surface area contributed by atoms with Gasteiger partial charge in [-0.05, 0) is 12.3 Å². The van der Waals surface area contributed by atoms with Crippen molar-refractivity contribution in [2.75, 3.05) is 6.54 Å². The maximum atomic E-state index is 10.9. The van der Waals surface area contributed by atoms with Crippen LogP contribution >= 0.6 is 0 Å². The van der Waals surface area contributed by atoms with Crippen LogP contribution in [0.5, 0.6) is 0 Å². The van der Waals surface area contributed by atoms with Crippen molar-refractivity contribution in [2.24, 2.45) is 11.8 Å². The van der Waals surface area contributed by atoms with Gasteiger partial charge in [0.15, 0.2) is 0 Å². The predicted octanol–water partition coefficient (Wildman–Crippen LogP) is 1.17. The van der Waals surface area contributed by atoms with Crippen LogP contribution in [0.25, 0.3) is 0 Å². The molecular weight excluding hydrogens is 126 g/mol. The molecule has 0 spiro atoms. The van der Waals surface area contributed by atoms with Crippen molar-refractivity contribution in [1.82, 2.24) is 5.32 Å². The topological polar surface area (TPSA) is 29.1 Å². The van der Waals surface area contributed by atoms with E-state index in [1.54, 1.807) is 0 Å². The van der Waals surface area contributed by atoms with Crippen LogP contribution in [-0.2, 0) is 4.79 Å². The van der Waals surface area contributed by atoms with Crippen molar-refractivity contribution < 1.29 is 4.79 Å². The van der Waals surface area contributed by atoms with Crippen LogP contribution in [0.4, 0.5) is 0 Å². The van der Waals surface area contributed by atoms with Gasteiger partial charge >= 0.3 is 0 Å². The summed E-state index contributed by atoms with van der Waals surface area (Å²) < 4.78 is 0. The van der Waals surface area contributed by atoms with Gasteiger partial charge in [0, 0.05) is 12.5 Å². The molecule has 0 bridgehead atoms. The molecule has 58 valence electrons. The van der Waals surface area contributed by atoms with Crippen LogP contribution in [-0.4, -0.2) is 12.5 Å². The highest BCUT2D eigenvalue weighted by Crippen LogP contribution is 2.21. The zero-order valence-electron chi connectivity index (χ0n) is 6.68. The second kappa shape index (κ2) is 3.04. The molecule has 1 heterocycles. The monoisotopic (exact) mass is 141 g/mol. The van der Waals surface area contributed by atoms with Gasteiger partial charge in [-0.25, -0.2) is 0 Å². The Morgan fingerprint density at radius 3 is 2.80 bits per heavy atom. The van der Waals surface area contributed by atoms with Crippen molar-refractivity contribution in [3.63, 3.8) is 0 Å². The Kier molecular flexibility index (Phi) is 2.30. The smallest absolute Gasteiger partial charge is 0.223 e. The molecule has 2 heteroatoms. The highest BCUT2D eigenvalue weighted by molar-refractivity contribution is 5.80. The van der Waals surface area contributed by atoms with Gasteiger partial charge in [0.25, 0.3) is 0 Å². The van der Waals surface area contributed by atoms with E-state index in [9.17, 15) is 4.79 Å². The summed E-state index contributed by atoms with van der Waals surface area (Å²) in [5.41, 5.74) is 0. The summed E-state index contributed by atoms with van der Waals surface area (Å²) in [6.45, 7) is 5.08. The lowest BCUT2D eigenvalue weighted by molar-refractivity contribution is -0.122. The van der Waals surface area contributed by atoms with Gasteiger partial charge in [-0.3, -0.25) is 4.79 Å². The Labute approximate surface area is 62.0 Å². The molecule has 0 aromatic carbocycles. The minimum atomic E-state index is 0.235. The zero-order chi connectivity index (χ0) is 7.56. The van der Waals surface area contributed by atoms with E-state index in [1.165, 1.54) is 12.8 Å². The minimum absolute atomic E-state index is 0.235. The quantitative estimate of drug-likeness (QED) is 0.614. The number of hydrogen-bond donors (Lipinski definition) is 1. The van der Waals surface area contributed by atoms with Crippen LogP contribution < -0.4 is 5.32 Å². The predicted molar refractivity (Wildman–Crippen MR) is 40.6 cm³/mol. The van der Waals surface area contributed by atoms with E-state index in [0.29, 0.717) is 5.92 Å². The first-order valence-electron chi connectivity index (χ1n) is 4.03. The second-order valence-corrected chi connectivity index (χ2v) is 3.08. The first-order valence-corrected chi connectivity index (χ1v) is 4.03. The van der Waals surface area contributed by atoms with Crippen LogP contribution in [0.15, 0.2) is 0 Å². The molecule has 0 aromatic heterocycles. The molecule has 0 radical (unpaired) electrons. The molecule has 1 fully saturated rings. The lowest BCUT2D eigenvalue weighted by Gasteiger charge is -2.09. The van der Waals surface area contributed by atoms with E-state index in [4.69, 9.17) is 0 Å². The number of carbonyl (C=O) groups is 1. The summed E-state index contributed by atoms with van der Waals surface area (Å²) >= 11 is 0. The van der Waals surface area contributed by atoms with Crippen molar-refractivity contribution >= 4 is 5.91 Å². The van der Waals surface area contributed by atoms with Gasteiger partial charge in [0.1, 0.15) is 0 Å². The van der Waals surface area contributed by atoms with E-state index in [1.807, 2.05) is 6.92 Å². The lowest BCUT2D eigenvalue weighted by Crippen LogP contribution is -2.17. The van der Waals surface area contributed by atoms with E-state index < -0.39 is 0 Å². The Morgan fingerprint density at radius 1 is 1.70 bits per heavy atom. The molecule has 0 aromatic rings. The van der Waals surface area contributed by atoms with E-state index in [-0.39, 0.29) is 11.8 Å². The molecule has 0 saturated carbocycles. The molecule has 2 unspecified atom stereocenters. The standard InChI is InChI=1S/C8H15NO/c1-3-4-7-5-9-8(10)6(7)2/h6-7H,3-5H2,1-2H3,(H,9,10). The normalized spacial score (nSPS) is 32.4. The summed E-state index contributed by atoms with van der Waals surface area (Å²) in [5, 5.41) is 2.87. The number of nitrogens with one attached hydrogen (secondary N) is 1. The average molecular weight is 141 g/mol. The van der Waals surface area contributed by atoms with Gasteiger partial charge in [-0.1, -0.05) is 20.3 Å². The van der Waals surface area contributed by atoms with Crippen LogP contribution in [0, 0.1) is 11.8 Å². The van der Waals surface area contributed by atoms with Gasteiger partial charge in [0.05, 0.1) is 0 Å². The molecule has 0 aliphatic carbocycles. The summed E-state index contributed by atoms with van der Waals surface area (Å²) in [6, 6.07) is 0. The Bertz CT molecular complexity index is 133. The van der Waals surface area contributed by atoms with Crippen molar-refractivity contribution in [3.05, 3.63) is 0 Å². The summed E-state index contributed by atoms with van der Waals surface area (Å²) in [5.74, 6) is 1.08. The SMILES string of the molecule is CCCC1CNC(=O)C1C. The largest absolute Gasteiger partial charge is 0.356 e. The first kappa shape index (κ1) is 7.58. The second-order valence-electron chi connectivity index (χ2n) is 3.08. The Hall–Kier alpha value is -0.530. The van der Waals surface area contributed by atoms with Gasteiger partial charge in [-0.2, -0.15) is 0 Å². The third-order valence-corrected chi connectivity index (χ3v) is 2.32. The highest BCUT2D eigenvalue weighted by atomic mass is 16.2. The third-order valence-electron chi connectivity index (χ3n) is 2.32. The van der Waals surface area contributed by atoms with Crippen molar-refractivity contribution in [1.29, 1.82) is 0 Å². The highest BCUT2D eigenvalue weighted by Gasteiger charge is 2.29. The first-order chi connectivity index (χ1) is 4.75. The van der Waals surface area contributed by atoms with Crippen molar-refractivity contribution in [3.8, 4) is 0 Å². The molecule has 2 atom stereocenters. The molecule has 2 nitrogen and oxygen atoms in total. The fourth-order valence-electron chi connectivity index (χ4n) is 1.51. The summed E-state index contributed by atoms with van der Waals surface area (Å²) in [6.07, 6.45) is 2.36. The van der Waals surface area contributed by atoms with Crippen LogP contribution in [0.3, 0.4) is 0 Å². The Balaban J connectivity index is 2.41. The van der Waals surface area contributed by atoms with Crippen LogP contribution in [0.1, 0.15) is 26.7 Å². The number of rotatable bonds is 2. The fraction of sp³-hybridized carbons (Fsp3) is 0.875. The number of amides is 1. The van der Waals surface area contributed by atoms with Gasteiger partial charge in [-0.15, -0.1) is 0 Å². The number of hydrogen-bond acceptors (Lipinski definition) is 1. The maximum absolute atomic E-state index is 10.9. The maximum Gasteiger partial charge on any atom is 0.223 e. The number of carbonyl (C=O) groups excluding carboxylic acids is 1. The molecule has 1 amide bonds. The van der Waals surface area contributed by atoms with Gasteiger partial charge < -0.3 is 5.32 Å². The molecule has 1 rings (SSSR count). The lowest BCUT2D eigenvalue weighted by atomic mass is 9.93. The molecule has 1 saturated heterocycles. The van der Waals surface area contributed by atoms with E-state index in [0.717, 1.165) is 6.54 Å².